The highest BCUT2D eigenvalue weighted by Gasteiger charge is 2.14. The summed E-state index contributed by atoms with van der Waals surface area (Å²) >= 11 is 0. The molecule has 1 atom stereocenters. The number of aromatic nitrogens is 5. The van der Waals surface area contributed by atoms with Crippen LogP contribution >= 0.6 is 0 Å². The van der Waals surface area contributed by atoms with Crippen molar-refractivity contribution in [3.8, 4) is 0 Å². The normalized spacial score (nSPS) is 12.5. The zero-order valence-electron chi connectivity index (χ0n) is 11.3. The lowest BCUT2D eigenvalue weighted by molar-refractivity contribution is -0.138. The molecule has 0 fully saturated rings. The third kappa shape index (κ3) is 3.41. The van der Waals surface area contributed by atoms with Crippen LogP contribution in [0, 0.1) is 0 Å². The Morgan fingerprint density at radius 3 is 3.05 bits per heavy atom. The molecule has 3 N–H and O–H groups in total. The van der Waals surface area contributed by atoms with Crippen molar-refractivity contribution in [2.24, 2.45) is 5.73 Å². The quantitative estimate of drug-likeness (QED) is 0.730. The molecule has 2 heterocycles. The number of hydrogen-bond donors (Lipinski definition) is 2. The number of hydrogen-bond acceptors (Lipinski definition) is 5. The molecule has 0 amide bonds. The number of nitrogens with two attached hydrogens (primary N) is 1. The number of carboxylic acids is 1. The van der Waals surface area contributed by atoms with Crippen LogP contribution < -0.4 is 5.73 Å². The molecule has 2 aromatic rings. The molecule has 0 aliphatic carbocycles. The average Bonchev–Trinajstić information content (AvgIpc) is 3.01. The zero-order chi connectivity index (χ0) is 14.5. The minimum absolute atomic E-state index is 0.170. The van der Waals surface area contributed by atoms with Gasteiger partial charge in [-0.25, -0.2) is 9.67 Å². The minimum atomic E-state index is -1.04. The first-order valence-corrected chi connectivity index (χ1v) is 6.46. The van der Waals surface area contributed by atoms with Gasteiger partial charge in [-0.3, -0.25) is 4.79 Å². The van der Waals surface area contributed by atoms with Crippen molar-refractivity contribution in [2.75, 3.05) is 0 Å². The standard InChI is InChI=1S/C12H18N6O2/c1-2-3-17-8-14-5-10(17)7-18-6-9(15-16-18)4-11(13)12(19)20/h5-6,8,11H,2-4,7,13H2,1H3,(H,19,20). The van der Waals surface area contributed by atoms with Crippen LogP contribution in [0.1, 0.15) is 24.7 Å². The Balaban J connectivity index is 2.02. The summed E-state index contributed by atoms with van der Waals surface area (Å²) in [6.45, 7) is 3.56. The van der Waals surface area contributed by atoms with Crippen LogP contribution in [0.2, 0.25) is 0 Å². The summed E-state index contributed by atoms with van der Waals surface area (Å²) < 4.78 is 3.72. The lowest BCUT2D eigenvalue weighted by atomic mass is 10.2. The first kappa shape index (κ1) is 14.2. The summed E-state index contributed by atoms with van der Waals surface area (Å²) in [4.78, 5) is 14.8. The van der Waals surface area contributed by atoms with Crippen LogP contribution in [-0.4, -0.2) is 41.7 Å². The van der Waals surface area contributed by atoms with Gasteiger partial charge in [-0.15, -0.1) is 5.10 Å². The molecular formula is C12H18N6O2. The second-order valence-electron chi connectivity index (χ2n) is 4.63. The molecule has 0 saturated carbocycles. The van der Waals surface area contributed by atoms with Gasteiger partial charge in [-0.2, -0.15) is 0 Å². The van der Waals surface area contributed by atoms with Crippen molar-refractivity contribution in [1.29, 1.82) is 0 Å². The first-order valence-electron chi connectivity index (χ1n) is 6.46. The van der Waals surface area contributed by atoms with E-state index in [1.165, 1.54) is 0 Å². The van der Waals surface area contributed by atoms with E-state index in [0.29, 0.717) is 12.2 Å². The molecule has 1 unspecified atom stereocenters. The van der Waals surface area contributed by atoms with Crippen molar-refractivity contribution in [3.63, 3.8) is 0 Å². The molecule has 2 aromatic heterocycles. The molecule has 0 radical (unpaired) electrons. The Morgan fingerprint density at radius 2 is 2.35 bits per heavy atom. The molecule has 8 heteroatoms. The Bertz CT molecular complexity index is 576. The van der Waals surface area contributed by atoms with E-state index in [1.54, 1.807) is 23.4 Å². The Morgan fingerprint density at radius 1 is 1.55 bits per heavy atom. The van der Waals surface area contributed by atoms with Crippen molar-refractivity contribution in [1.82, 2.24) is 24.5 Å². The van der Waals surface area contributed by atoms with Crippen LogP contribution in [0.5, 0.6) is 0 Å². The fourth-order valence-corrected chi connectivity index (χ4v) is 1.91. The Hall–Kier alpha value is -2.22. The summed E-state index contributed by atoms with van der Waals surface area (Å²) in [5.41, 5.74) is 7.07. The highest BCUT2D eigenvalue weighted by molar-refractivity contribution is 5.73. The highest BCUT2D eigenvalue weighted by Crippen LogP contribution is 2.05. The van der Waals surface area contributed by atoms with Crippen molar-refractivity contribution in [3.05, 3.63) is 30.1 Å². The van der Waals surface area contributed by atoms with E-state index >= 15 is 0 Å². The van der Waals surface area contributed by atoms with Gasteiger partial charge in [0.1, 0.15) is 6.04 Å². The van der Waals surface area contributed by atoms with E-state index in [4.69, 9.17) is 10.8 Å². The van der Waals surface area contributed by atoms with Crippen LogP contribution in [0.4, 0.5) is 0 Å². The van der Waals surface area contributed by atoms with Gasteiger partial charge in [0.2, 0.25) is 0 Å². The summed E-state index contributed by atoms with van der Waals surface area (Å²) in [5.74, 6) is -1.04. The minimum Gasteiger partial charge on any atom is -0.480 e. The highest BCUT2D eigenvalue weighted by atomic mass is 16.4. The largest absolute Gasteiger partial charge is 0.480 e. The van der Waals surface area contributed by atoms with Crippen molar-refractivity contribution < 1.29 is 9.90 Å². The monoisotopic (exact) mass is 278 g/mol. The molecule has 0 spiro atoms. The van der Waals surface area contributed by atoms with Crippen LogP contribution in [0.3, 0.4) is 0 Å². The van der Waals surface area contributed by atoms with E-state index in [0.717, 1.165) is 18.7 Å². The average molecular weight is 278 g/mol. The number of aryl methyl sites for hydroxylation is 1. The molecular weight excluding hydrogens is 260 g/mol. The zero-order valence-corrected chi connectivity index (χ0v) is 11.3. The molecule has 20 heavy (non-hydrogen) atoms. The van der Waals surface area contributed by atoms with Gasteiger partial charge in [0.15, 0.2) is 0 Å². The predicted octanol–water partition coefficient (Wildman–Crippen LogP) is -0.113. The van der Waals surface area contributed by atoms with Crippen molar-refractivity contribution in [2.45, 2.75) is 38.9 Å². The van der Waals surface area contributed by atoms with Gasteiger partial charge in [-0.05, 0) is 6.42 Å². The van der Waals surface area contributed by atoms with Crippen molar-refractivity contribution >= 4 is 5.97 Å². The number of rotatable bonds is 7. The smallest absolute Gasteiger partial charge is 0.320 e. The second kappa shape index (κ2) is 6.29. The molecule has 108 valence electrons. The van der Waals surface area contributed by atoms with E-state index < -0.39 is 12.0 Å². The number of carboxylic acid groups (broad SMARTS) is 1. The van der Waals surface area contributed by atoms with Gasteiger partial charge in [0.05, 0.1) is 30.5 Å². The van der Waals surface area contributed by atoms with Gasteiger partial charge in [0, 0.05) is 19.2 Å². The Kier molecular flexibility index (Phi) is 4.46. The first-order chi connectivity index (χ1) is 9.60. The third-order valence-electron chi connectivity index (χ3n) is 2.92. The lowest BCUT2D eigenvalue weighted by Crippen LogP contribution is -2.32. The van der Waals surface area contributed by atoms with E-state index in [1.807, 2.05) is 0 Å². The topological polar surface area (TPSA) is 112 Å². The summed E-state index contributed by atoms with van der Waals surface area (Å²) in [6.07, 6.45) is 6.49. The van der Waals surface area contributed by atoms with Gasteiger partial charge in [0.25, 0.3) is 0 Å². The van der Waals surface area contributed by atoms with Gasteiger partial charge < -0.3 is 15.4 Å². The molecule has 0 saturated heterocycles. The maximum atomic E-state index is 10.7. The molecule has 2 rings (SSSR count). The number of imidazole rings is 1. The van der Waals surface area contributed by atoms with Crippen LogP contribution in [0.15, 0.2) is 18.7 Å². The Labute approximate surface area is 116 Å². The number of aliphatic carboxylic acids is 1. The second-order valence-corrected chi connectivity index (χ2v) is 4.63. The summed E-state index contributed by atoms with van der Waals surface area (Å²) in [5, 5.41) is 16.7. The van der Waals surface area contributed by atoms with Gasteiger partial charge >= 0.3 is 5.97 Å². The van der Waals surface area contributed by atoms with E-state index in [-0.39, 0.29) is 6.42 Å². The molecule has 0 aliphatic heterocycles. The van der Waals surface area contributed by atoms with Crippen LogP contribution in [-0.2, 0) is 24.3 Å². The number of carbonyl (C=O) groups is 1. The summed E-state index contributed by atoms with van der Waals surface area (Å²) in [6, 6.07) is -0.953. The third-order valence-corrected chi connectivity index (χ3v) is 2.92. The van der Waals surface area contributed by atoms with Crippen LogP contribution in [0.25, 0.3) is 0 Å². The number of nitrogens with zero attached hydrogens (tertiary/aromatic N) is 5. The summed E-state index contributed by atoms with van der Waals surface area (Å²) in [7, 11) is 0. The van der Waals surface area contributed by atoms with Gasteiger partial charge in [-0.1, -0.05) is 12.1 Å². The fraction of sp³-hybridized carbons (Fsp3) is 0.500. The van der Waals surface area contributed by atoms with E-state index in [2.05, 4.69) is 26.8 Å². The molecule has 0 aromatic carbocycles. The predicted molar refractivity (Wildman–Crippen MR) is 71.0 cm³/mol. The lowest BCUT2D eigenvalue weighted by Gasteiger charge is -2.05. The fourth-order valence-electron chi connectivity index (χ4n) is 1.91. The maximum Gasteiger partial charge on any atom is 0.320 e. The molecule has 0 aliphatic rings. The maximum absolute atomic E-state index is 10.7. The van der Waals surface area contributed by atoms with E-state index in [9.17, 15) is 4.79 Å². The molecule has 8 nitrogen and oxygen atoms in total. The molecule has 0 bridgehead atoms. The SMILES string of the molecule is CCCn1cncc1Cn1cc(CC(N)C(=O)O)nn1.